The van der Waals surface area contributed by atoms with Crippen LogP contribution in [0.1, 0.15) is 5.76 Å². The molecule has 1 heterocycles. The predicted octanol–water partition coefficient (Wildman–Crippen LogP) is 4.09. The van der Waals surface area contributed by atoms with Gasteiger partial charge in [0.05, 0.1) is 0 Å². The third kappa shape index (κ3) is 2.48. The molecule has 0 spiro atoms. The Morgan fingerprint density at radius 2 is 1.86 bits per heavy atom. The first-order valence-electron chi connectivity index (χ1n) is 6.62. The third-order valence-electron chi connectivity index (χ3n) is 3.32. The summed E-state index contributed by atoms with van der Waals surface area (Å²) >= 11 is 0. The Morgan fingerprint density at radius 1 is 1.09 bits per heavy atom. The standard InChI is InChI=1S/C18H11NO3/c19-11-13(18(20)21)10-14-8-9-17(22-14)16-7-3-5-12-4-1-2-6-15(12)16/h1-10H,(H,20,21). The summed E-state index contributed by atoms with van der Waals surface area (Å²) in [5.41, 5.74) is 0.561. The maximum atomic E-state index is 10.9. The molecule has 3 aromatic rings. The molecule has 0 radical (unpaired) electrons. The van der Waals surface area contributed by atoms with Crippen molar-refractivity contribution < 1.29 is 14.3 Å². The number of furan rings is 1. The van der Waals surface area contributed by atoms with E-state index in [1.54, 1.807) is 18.2 Å². The van der Waals surface area contributed by atoms with Crippen LogP contribution >= 0.6 is 0 Å². The minimum atomic E-state index is -1.27. The Hall–Kier alpha value is -3.32. The molecule has 4 heteroatoms. The van der Waals surface area contributed by atoms with Crippen LogP contribution in [-0.2, 0) is 4.79 Å². The van der Waals surface area contributed by atoms with E-state index in [-0.39, 0.29) is 5.57 Å². The van der Waals surface area contributed by atoms with Crippen molar-refractivity contribution in [2.45, 2.75) is 0 Å². The van der Waals surface area contributed by atoms with Gasteiger partial charge in [-0.3, -0.25) is 0 Å². The van der Waals surface area contributed by atoms with E-state index in [4.69, 9.17) is 14.8 Å². The molecule has 0 aliphatic carbocycles. The lowest BCUT2D eigenvalue weighted by molar-refractivity contribution is -0.132. The molecule has 1 aromatic heterocycles. The molecule has 0 bridgehead atoms. The minimum absolute atomic E-state index is 0.335. The molecule has 0 fully saturated rings. The SMILES string of the molecule is N#CC(=Cc1ccc(-c2cccc3ccccc23)o1)C(=O)O. The molecule has 0 aliphatic rings. The molecular formula is C18H11NO3. The Bertz CT molecular complexity index is 923. The predicted molar refractivity (Wildman–Crippen MR) is 82.9 cm³/mol. The minimum Gasteiger partial charge on any atom is -0.477 e. The van der Waals surface area contributed by atoms with Gasteiger partial charge in [0, 0.05) is 11.6 Å². The third-order valence-corrected chi connectivity index (χ3v) is 3.32. The largest absolute Gasteiger partial charge is 0.477 e. The van der Waals surface area contributed by atoms with E-state index >= 15 is 0 Å². The summed E-state index contributed by atoms with van der Waals surface area (Å²) in [5.74, 6) is -0.307. The zero-order valence-electron chi connectivity index (χ0n) is 11.5. The number of rotatable bonds is 3. The van der Waals surface area contributed by atoms with Gasteiger partial charge in [0.2, 0.25) is 0 Å². The number of nitriles is 1. The van der Waals surface area contributed by atoms with Crippen molar-refractivity contribution in [1.82, 2.24) is 0 Å². The highest BCUT2D eigenvalue weighted by Gasteiger charge is 2.10. The van der Waals surface area contributed by atoms with Gasteiger partial charge in [-0.2, -0.15) is 5.26 Å². The second kappa shape index (κ2) is 5.58. The molecule has 0 amide bonds. The van der Waals surface area contributed by atoms with Gasteiger partial charge >= 0.3 is 5.97 Å². The molecule has 22 heavy (non-hydrogen) atoms. The highest BCUT2D eigenvalue weighted by molar-refractivity contribution is 5.97. The average Bonchev–Trinajstić information content (AvgIpc) is 3.00. The highest BCUT2D eigenvalue weighted by Crippen LogP contribution is 2.30. The monoisotopic (exact) mass is 289 g/mol. The van der Waals surface area contributed by atoms with Gasteiger partial charge < -0.3 is 9.52 Å². The van der Waals surface area contributed by atoms with Crippen molar-refractivity contribution in [3.8, 4) is 17.4 Å². The number of carboxylic acid groups (broad SMARTS) is 1. The number of hydrogen-bond acceptors (Lipinski definition) is 3. The Labute approximate surface area is 126 Å². The van der Waals surface area contributed by atoms with Crippen LogP contribution in [0.25, 0.3) is 28.2 Å². The van der Waals surface area contributed by atoms with Crippen molar-refractivity contribution >= 4 is 22.8 Å². The lowest BCUT2D eigenvalue weighted by Gasteiger charge is -2.03. The molecular weight excluding hydrogens is 278 g/mol. The smallest absolute Gasteiger partial charge is 0.346 e. The Morgan fingerprint density at radius 3 is 2.64 bits per heavy atom. The number of fused-ring (bicyclic) bond motifs is 1. The zero-order valence-corrected chi connectivity index (χ0v) is 11.5. The molecule has 0 saturated carbocycles. The van der Waals surface area contributed by atoms with Crippen molar-refractivity contribution in [2.75, 3.05) is 0 Å². The number of carbonyl (C=O) groups is 1. The maximum absolute atomic E-state index is 10.9. The van der Waals surface area contributed by atoms with E-state index in [0.29, 0.717) is 11.5 Å². The molecule has 0 atom stereocenters. The molecule has 3 rings (SSSR count). The van der Waals surface area contributed by atoms with Gasteiger partial charge in [-0.1, -0.05) is 42.5 Å². The number of aliphatic carboxylic acids is 1. The number of benzene rings is 2. The normalized spacial score (nSPS) is 11.3. The van der Waals surface area contributed by atoms with Gasteiger partial charge in [0.15, 0.2) is 0 Å². The van der Waals surface area contributed by atoms with E-state index in [9.17, 15) is 4.79 Å². The first kappa shape index (κ1) is 13.7. The van der Waals surface area contributed by atoms with Crippen LogP contribution in [0, 0.1) is 11.3 Å². The molecule has 1 N–H and O–H groups in total. The van der Waals surface area contributed by atoms with Crippen LogP contribution < -0.4 is 0 Å². The average molecular weight is 289 g/mol. The first-order valence-corrected chi connectivity index (χ1v) is 6.62. The lowest BCUT2D eigenvalue weighted by atomic mass is 10.0. The van der Waals surface area contributed by atoms with Gasteiger partial charge in [-0.15, -0.1) is 0 Å². The zero-order chi connectivity index (χ0) is 15.5. The van der Waals surface area contributed by atoms with E-state index in [2.05, 4.69) is 0 Å². The fraction of sp³-hybridized carbons (Fsp3) is 0. The summed E-state index contributed by atoms with van der Waals surface area (Å²) in [7, 11) is 0. The molecule has 4 nitrogen and oxygen atoms in total. The van der Waals surface area contributed by atoms with Crippen LogP contribution in [0.5, 0.6) is 0 Å². The second-order valence-electron chi connectivity index (χ2n) is 4.70. The Kier molecular flexibility index (Phi) is 3.47. The van der Waals surface area contributed by atoms with Crippen LogP contribution in [-0.4, -0.2) is 11.1 Å². The van der Waals surface area contributed by atoms with E-state index in [1.807, 2.05) is 42.5 Å². The van der Waals surface area contributed by atoms with E-state index < -0.39 is 5.97 Å². The van der Waals surface area contributed by atoms with Gasteiger partial charge in [0.25, 0.3) is 0 Å². The van der Waals surface area contributed by atoms with Crippen LogP contribution in [0.3, 0.4) is 0 Å². The molecule has 0 aliphatic heterocycles. The second-order valence-corrected chi connectivity index (χ2v) is 4.70. The molecule has 0 saturated heterocycles. The quantitative estimate of drug-likeness (QED) is 0.582. The van der Waals surface area contributed by atoms with Crippen LogP contribution in [0.4, 0.5) is 0 Å². The van der Waals surface area contributed by atoms with Gasteiger partial charge in [-0.25, -0.2) is 4.79 Å². The number of nitrogens with zero attached hydrogens (tertiary/aromatic N) is 1. The van der Waals surface area contributed by atoms with Gasteiger partial charge in [0.1, 0.15) is 23.2 Å². The number of carboxylic acids is 1. The van der Waals surface area contributed by atoms with Crippen molar-refractivity contribution in [3.05, 3.63) is 65.9 Å². The van der Waals surface area contributed by atoms with Crippen molar-refractivity contribution in [3.63, 3.8) is 0 Å². The van der Waals surface area contributed by atoms with Crippen LogP contribution in [0.15, 0.2) is 64.6 Å². The summed E-state index contributed by atoms with van der Waals surface area (Å²) in [6.45, 7) is 0. The van der Waals surface area contributed by atoms with Gasteiger partial charge in [-0.05, 0) is 22.9 Å². The topological polar surface area (TPSA) is 74.2 Å². The van der Waals surface area contributed by atoms with E-state index in [1.165, 1.54) is 6.08 Å². The fourth-order valence-corrected chi connectivity index (χ4v) is 2.30. The lowest BCUT2D eigenvalue weighted by Crippen LogP contribution is -1.96. The highest BCUT2D eigenvalue weighted by atomic mass is 16.4. The summed E-state index contributed by atoms with van der Waals surface area (Å²) in [6, 6.07) is 18.9. The summed E-state index contributed by atoms with van der Waals surface area (Å²) in [4.78, 5) is 10.9. The van der Waals surface area contributed by atoms with Crippen LogP contribution in [0.2, 0.25) is 0 Å². The summed E-state index contributed by atoms with van der Waals surface area (Å²) in [5, 5.41) is 19.8. The van der Waals surface area contributed by atoms with Crippen molar-refractivity contribution in [2.24, 2.45) is 0 Å². The molecule has 106 valence electrons. The summed E-state index contributed by atoms with van der Waals surface area (Å²) in [6.07, 6.45) is 1.22. The molecule has 2 aromatic carbocycles. The first-order chi connectivity index (χ1) is 10.7. The van der Waals surface area contributed by atoms with E-state index in [0.717, 1.165) is 16.3 Å². The van der Waals surface area contributed by atoms with Crippen molar-refractivity contribution in [1.29, 1.82) is 5.26 Å². The molecule has 0 unspecified atom stereocenters. The summed E-state index contributed by atoms with van der Waals surface area (Å²) < 4.78 is 5.67. The Balaban J connectivity index is 2.07. The maximum Gasteiger partial charge on any atom is 0.346 e. The number of hydrogen-bond donors (Lipinski definition) is 1. The fourth-order valence-electron chi connectivity index (χ4n) is 2.30.